The summed E-state index contributed by atoms with van der Waals surface area (Å²) in [5.74, 6) is 2.58. The van der Waals surface area contributed by atoms with Crippen LogP contribution in [0.2, 0.25) is 0 Å². The zero-order valence-corrected chi connectivity index (χ0v) is 13.6. The molecule has 0 bridgehead atoms. The van der Waals surface area contributed by atoms with Crippen LogP contribution in [0, 0.1) is 5.92 Å². The molecule has 122 valence electrons. The van der Waals surface area contributed by atoms with Crippen molar-refractivity contribution in [1.29, 1.82) is 0 Å². The lowest BCUT2D eigenvalue weighted by Crippen LogP contribution is -2.40. The molecule has 1 heterocycles. The Balaban J connectivity index is 1.49. The maximum absolute atomic E-state index is 11.9. The van der Waals surface area contributed by atoms with Crippen LogP contribution >= 0.6 is 11.8 Å². The van der Waals surface area contributed by atoms with Crippen molar-refractivity contribution in [3.63, 3.8) is 0 Å². The van der Waals surface area contributed by atoms with Gasteiger partial charge in [-0.1, -0.05) is 19.3 Å². The van der Waals surface area contributed by atoms with Gasteiger partial charge in [0.2, 0.25) is 11.8 Å². The van der Waals surface area contributed by atoms with E-state index in [2.05, 4.69) is 10.6 Å². The van der Waals surface area contributed by atoms with Crippen LogP contribution in [0.3, 0.4) is 0 Å². The second-order valence-corrected chi connectivity index (χ2v) is 6.64. The molecular weight excluding hydrogens is 300 g/mol. The SMILES string of the molecule is O=C(CNC(=O)C1CCCCC1)NCCSCc1ccco1. The lowest BCUT2D eigenvalue weighted by atomic mass is 9.89. The molecule has 0 unspecified atom stereocenters. The molecular formula is C16H24N2O3S. The number of furan rings is 1. The van der Waals surface area contributed by atoms with Gasteiger partial charge in [-0.15, -0.1) is 0 Å². The van der Waals surface area contributed by atoms with Crippen LogP contribution in [0.5, 0.6) is 0 Å². The van der Waals surface area contributed by atoms with Gasteiger partial charge in [0.05, 0.1) is 18.6 Å². The average Bonchev–Trinajstić information content (AvgIpc) is 3.06. The number of hydrogen-bond acceptors (Lipinski definition) is 4. The number of carbonyl (C=O) groups excluding carboxylic acids is 2. The number of rotatable bonds is 8. The van der Waals surface area contributed by atoms with E-state index in [1.165, 1.54) is 6.42 Å². The van der Waals surface area contributed by atoms with Crippen LogP contribution in [0.4, 0.5) is 0 Å². The fourth-order valence-corrected chi connectivity index (χ4v) is 3.33. The standard InChI is InChI=1S/C16H24N2O3S/c19-15(11-18-16(20)13-5-2-1-3-6-13)17-8-10-22-12-14-7-4-9-21-14/h4,7,9,13H,1-3,5-6,8,10-12H2,(H,17,19)(H,18,20). The Kier molecular flexibility index (Phi) is 7.36. The molecule has 2 N–H and O–H groups in total. The third kappa shape index (κ3) is 6.13. The Labute approximate surface area is 135 Å². The molecule has 2 rings (SSSR count). The van der Waals surface area contributed by atoms with E-state index in [1.54, 1.807) is 18.0 Å². The first-order valence-electron chi connectivity index (χ1n) is 7.90. The second kappa shape index (κ2) is 9.56. The highest BCUT2D eigenvalue weighted by atomic mass is 32.2. The van der Waals surface area contributed by atoms with Crippen LogP contribution in [-0.4, -0.2) is 30.7 Å². The van der Waals surface area contributed by atoms with Gasteiger partial charge in [0.1, 0.15) is 5.76 Å². The summed E-state index contributed by atoms with van der Waals surface area (Å²) in [6.45, 7) is 0.682. The summed E-state index contributed by atoms with van der Waals surface area (Å²) in [6.07, 6.45) is 7.04. The minimum Gasteiger partial charge on any atom is -0.468 e. The van der Waals surface area contributed by atoms with Crippen molar-refractivity contribution in [2.24, 2.45) is 5.92 Å². The van der Waals surface area contributed by atoms with Crippen molar-refractivity contribution >= 4 is 23.6 Å². The first kappa shape index (κ1) is 16.9. The molecule has 1 saturated carbocycles. The maximum atomic E-state index is 11.9. The molecule has 1 fully saturated rings. The van der Waals surface area contributed by atoms with Crippen molar-refractivity contribution in [2.45, 2.75) is 37.9 Å². The summed E-state index contributed by atoms with van der Waals surface area (Å²) in [5, 5.41) is 5.56. The van der Waals surface area contributed by atoms with Crippen molar-refractivity contribution in [2.75, 3.05) is 18.8 Å². The minimum atomic E-state index is -0.122. The van der Waals surface area contributed by atoms with E-state index >= 15 is 0 Å². The molecule has 0 spiro atoms. The maximum Gasteiger partial charge on any atom is 0.239 e. The number of amides is 2. The molecule has 0 radical (unpaired) electrons. The van der Waals surface area contributed by atoms with Gasteiger partial charge in [0.15, 0.2) is 0 Å². The molecule has 0 aliphatic heterocycles. The van der Waals surface area contributed by atoms with Crippen molar-refractivity contribution in [3.8, 4) is 0 Å². The van der Waals surface area contributed by atoms with Gasteiger partial charge in [-0.2, -0.15) is 11.8 Å². The van der Waals surface area contributed by atoms with Gasteiger partial charge in [0.25, 0.3) is 0 Å². The smallest absolute Gasteiger partial charge is 0.239 e. The fraction of sp³-hybridized carbons (Fsp3) is 0.625. The molecule has 1 aliphatic carbocycles. The predicted molar refractivity (Wildman–Crippen MR) is 87.5 cm³/mol. The largest absolute Gasteiger partial charge is 0.468 e. The van der Waals surface area contributed by atoms with Crippen LogP contribution < -0.4 is 10.6 Å². The molecule has 1 aromatic rings. The summed E-state index contributed by atoms with van der Waals surface area (Å²) in [5.41, 5.74) is 0. The summed E-state index contributed by atoms with van der Waals surface area (Å²) in [6, 6.07) is 3.80. The molecule has 0 saturated heterocycles. The van der Waals surface area contributed by atoms with Crippen molar-refractivity contribution in [3.05, 3.63) is 24.2 Å². The molecule has 0 atom stereocenters. The molecule has 2 amide bonds. The number of hydrogen-bond donors (Lipinski definition) is 2. The van der Waals surface area contributed by atoms with Crippen LogP contribution in [0.1, 0.15) is 37.9 Å². The van der Waals surface area contributed by atoms with Gasteiger partial charge in [-0.3, -0.25) is 9.59 Å². The zero-order chi connectivity index (χ0) is 15.6. The number of nitrogens with one attached hydrogen (secondary N) is 2. The van der Waals surface area contributed by atoms with E-state index in [4.69, 9.17) is 4.42 Å². The highest BCUT2D eigenvalue weighted by Crippen LogP contribution is 2.23. The fourth-order valence-electron chi connectivity index (χ4n) is 2.57. The molecule has 6 heteroatoms. The first-order valence-corrected chi connectivity index (χ1v) is 9.05. The number of thioether (sulfide) groups is 1. The molecule has 1 aromatic heterocycles. The Morgan fingerprint density at radius 3 is 2.77 bits per heavy atom. The monoisotopic (exact) mass is 324 g/mol. The minimum absolute atomic E-state index is 0.0297. The van der Waals surface area contributed by atoms with Crippen LogP contribution in [0.15, 0.2) is 22.8 Å². The lowest BCUT2D eigenvalue weighted by Gasteiger charge is -2.20. The third-order valence-corrected chi connectivity index (χ3v) is 4.77. The molecule has 22 heavy (non-hydrogen) atoms. The van der Waals surface area contributed by atoms with Crippen molar-refractivity contribution in [1.82, 2.24) is 10.6 Å². The Hall–Kier alpha value is -1.43. The molecule has 1 aliphatic rings. The van der Waals surface area contributed by atoms with Crippen LogP contribution in [-0.2, 0) is 15.3 Å². The molecule has 5 nitrogen and oxygen atoms in total. The topological polar surface area (TPSA) is 71.3 Å². The zero-order valence-electron chi connectivity index (χ0n) is 12.8. The normalized spacial score (nSPS) is 15.5. The van der Waals surface area contributed by atoms with E-state index in [9.17, 15) is 9.59 Å². The Morgan fingerprint density at radius 1 is 1.23 bits per heavy atom. The van der Waals surface area contributed by atoms with E-state index in [0.29, 0.717) is 6.54 Å². The lowest BCUT2D eigenvalue weighted by molar-refractivity contribution is -0.129. The quantitative estimate of drug-likeness (QED) is 0.720. The van der Waals surface area contributed by atoms with Crippen LogP contribution in [0.25, 0.3) is 0 Å². The van der Waals surface area contributed by atoms with Gasteiger partial charge in [-0.25, -0.2) is 0 Å². The summed E-state index contributed by atoms with van der Waals surface area (Å²) in [4.78, 5) is 23.6. The highest BCUT2D eigenvalue weighted by molar-refractivity contribution is 7.98. The van der Waals surface area contributed by atoms with E-state index < -0.39 is 0 Å². The highest BCUT2D eigenvalue weighted by Gasteiger charge is 2.21. The Morgan fingerprint density at radius 2 is 2.05 bits per heavy atom. The molecule has 0 aromatic carbocycles. The second-order valence-electron chi connectivity index (χ2n) is 5.53. The van der Waals surface area contributed by atoms with E-state index in [-0.39, 0.29) is 24.3 Å². The van der Waals surface area contributed by atoms with Gasteiger partial charge >= 0.3 is 0 Å². The summed E-state index contributed by atoms with van der Waals surface area (Å²) in [7, 11) is 0. The van der Waals surface area contributed by atoms with E-state index in [0.717, 1.165) is 42.9 Å². The number of carbonyl (C=O) groups is 2. The first-order chi connectivity index (χ1) is 10.8. The van der Waals surface area contributed by atoms with Crippen molar-refractivity contribution < 1.29 is 14.0 Å². The van der Waals surface area contributed by atoms with E-state index in [1.807, 2.05) is 12.1 Å². The summed E-state index contributed by atoms with van der Waals surface area (Å²) >= 11 is 1.70. The predicted octanol–water partition coefficient (Wildman–Crippen LogP) is 2.33. The van der Waals surface area contributed by atoms with Gasteiger partial charge < -0.3 is 15.1 Å². The van der Waals surface area contributed by atoms with Gasteiger partial charge in [0, 0.05) is 18.2 Å². The summed E-state index contributed by atoms with van der Waals surface area (Å²) < 4.78 is 5.23. The van der Waals surface area contributed by atoms with Gasteiger partial charge in [-0.05, 0) is 25.0 Å². The average molecular weight is 324 g/mol. The Bertz CT molecular complexity index is 456. The third-order valence-electron chi connectivity index (χ3n) is 3.79.